The average molecular weight is 778 g/mol. The maximum absolute atomic E-state index is 6.54. The van der Waals surface area contributed by atoms with E-state index >= 15 is 0 Å². The summed E-state index contributed by atoms with van der Waals surface area (Å²) in [6, 6.07) is 53.9. The van der Waals surface area contributed by atoms with E-state index in [-0.39, 0.29) is 5.41 Å². The van der Waals surface area contributed by atoms with Crippen LogP contribution in [0.1, 0.15) is 26.3 Å². The van der Waals surface area contributed by atoms with Gasteiger partial charge in [0.25, 0.3) is 0 Å². The Morgan fingerprint density at radius 3 is 1.98 bits per heavy atom. The van der Waals surface area contributed by atoms with Crippen LogP contribution in [0.15, 0.2) is 150 Å². The van der Waals surface area contributed by atoms with Crippen molar-refractivity contribution in [1.82, 2.24) is 4.57 Å². The third kappa shape index (κ3) is 4.61. The summed E-state index contributed by atoms with van der Waals surface area (Å²) >= 11 is 3.75. The summed E-state index contributed by atoms with van der Waals surface area (Å²) in [5.74, 6) is 0. The largest absolute Gasteiger partial charge is 0.456 e. The summed E-state index contributed by atoms with van der Waals surface area (Å²) in [6.45, 7) is 6.80. The molecule has 0 saturated carbocycles. The topological polar surface area (TPSA) is 30.1 Å². The summed E-state index contributed by atoms with van der Waals surface area (Å²) in [5.41, 5.74) is 13.8. The first-order chi connectivity index (χ1) is 28.3. The van der Waals surface area contributed by atoms with E-state index in [0.29, 0.717) is 0 Å². The van der Waals surface area contributed by atoms with E-state index in [1.807, 2.05) is 22.7 Å². The lowest BCUT2D eigenvalue weighted by atomic mass is 9.59. The third-order valence-corrected chi connectivity index (χ3v) is 14.6. The molecule has 0 saturated heterocycles. The van der Waals surface area contributed by atoms with Gasteiger partial charge in [-0.2, -0.15) is 0 Å². The summed E-state index contributed by atoms with van der Waals surface area (Å²) in [4.78, 5) is 0. The Bertz CT molecular complexity index is 3720. The van der Waals surface area contributed by atoms with Gasteiger partial charge in [0, 0.05) is 96.1 Å². The molecular weight excluding hydrogens is 744 g/mol. The quantitative estimate of drug-likeness (QED) is 0.181. The third-order valence-electron chi connectivity index (χ3n) is 12.4. The molecule has 12 aromatic rings. The molecule has 0 amide bonds. The van der Waals surface area contributed by atoms with Crippen molar-refractivity contribution in [3.63, 3.8) is 0 Å². The SMILES string of the molecule is CC(C)(C)c1ccc(Nc2cc3c(cc2-c2ccc4c5cc6c(cc5n5c4c2[B]c2cc4sc7ccccc7c4cc2-5)oc2ccccc26)sc2ccccc23)cc1. The van der Waals surface area contributed by atoms with Gasteiger partial charge in [-0.05, 0) is 82.7 Å². The molecule has 0 atom stereocenters. The molecule has 273 valence electrons. The van der Waals surface area contributed by atoms with E-state index in [0.717, 1.165) is 38.8 Å². The van der Waals surface area contributed by atoms with Gasteiger partial charge >= 0.3 is 0 Å². The highest BCUT2D eigenvalue weighted by molar-refractivity contribution is 7.26. The van der Waals surface area contributed by atoms with Crippen LogP contribution in [0.2, 0.25) is 0 Å². The summed E-state index contributed by atoms with van der Waals surface area (Å²) in [6.07, 6.45) is 0. The van der Waals surface area contributed by atoms with Gasteiger partial charge in [-0.3, -0.25) is 0 Å². The number of furan rings is 1. The Hall–Kier alpha value is -6.34. The predicted octanol–water partition coefficient (Wildman–Crippen LogP) is 14.1. The molecule has 1 aliphatic rings. The smallest absolute Gasteiger partial charge is 0.197 e. The fraction of sp³-hybridized carbons (Fsp3) is 0.0769. The van der Waals surface area contributed by atoms with E-state index in [4.69, 9.17) is 4.42 Å². The van der Waals surface area contributed by atoms with E-state index in [9.17, 15) is 0 Å². The van der Waals surface area contributed by atoms with Gasteiger partial charge in [-0.1, -0.05) is 105 Å². The second kappa shape index (κ2) is 11.6. The van der Waals surface area contributed by atoms with Crippen LogP contribution in [-0.4, -0.2) is 11.8 Å². The van der Waals surface area contributed by atoms with Crippen LogP contribution in [0.5, 0.6) is 0 Å². The maximum atomic E-state index is 6.54. The number of aromatic nitrogens is 1. The van der Waals surface area contributed by atoms with Crippen molar-refractivity contribution < 1.29 is 4.42 Å². The molecule has 1 aliphatic heterocycles. The number of para-hydroxylation sites is 1. The molecule has 3 nitrogen and oxygen atoms in total. The zero-order valence-electron chi connectivity index (χ0n) is 32.1. The van der Waals surface area contributed by atoms with Crippen molar-refractivity contribution in [3.8, 4) is 16.8 Å². The molecule has 5 heterocycles. The van der Waals surface area contributed by atoms with E-state index < -0.39 is 0 Å². The van der Waals surface area contributed by atoms with E-state index in [1.54, 1.807) is 0 Å². The molecule has 0 aliphatic carbocycles. The first-order valence-corrected chi connectivity index (χ1v) is 21.5. The molecule has 0 fully saturated rings. The van der Waals surface area contributed by atoms with Gasteiger partial charge in [0.1, 0.15) is 11.2 Å². The second-order valence-electron chi connectivity index (χ2n) is 16.8. The fourth-order valence-electron chi connectivity index (χ4n) is 9.53. The standard InChI is InChI=1S/C52H34BN2OS2/c1-52(2,3)28-16-18-29(19-17-28)54-41-23-38-31-11-5-8-14-46(31)57-48(38)25-35(41)33-20-21-34-36-22-37-30-10-4-7-13-44(30)56-45(37)27-42(36)55-43-24-39-32-12-6-9-15-47(32)58-49(39)26-40(43)53-50(33)51(34)55/h4-27,54H,1-3H3. The number of fused-ring (bicyclic) bond motifs is 14. The molecule has 58 heavy (non-hydrogen) atoms. The summed E-state index contributed by atoms with van der Waals surface area (Å²) < 4.78 is 14.3. The number of thiophene rings is 2. The normalized spacial score (nSPS) is 12.9. The fourth-order valence-corrected chi connectivity index (χ4v) is 11.8. The first kappa shape index (κ1) is 32.7. The lowest BCUT2D eigenvalue weighted by molar-refractivity contribution is 0.590. The zero-order chi connectivity index (χ0) is 38.4. The molecule has 1 N–H and O–H groups in total. The van der Waals surface area contributed by atoms with Crippen LogP contribution in [0.3, 0.4) is 0 Å². The number of rotatable bonds is 3. The summed E-state index contributed by atoms with van der Waals surface area (Å²) in [7, 11) is 2.45. The van der Waals surface area contributed by atoms with Crippen LogP contribution in [0, 0.1) is 0 Å². The van der Waals surface area contributed by atoms with Gasteiger partial charge in [-0.25, -0.2) is 0 Å². The molecule has 0 bridgehead atoms. The Balaban J connectivity index is 1.11. The Morgan fingerprint density at radius 1 is 0.534 bits per heavy atom. The maximum Gasteiger partial charge on any atom is 0.197 e. The molecule has 8 aromatic carbocycles. The molecule has 13 rings (SSSR count). The Labute approximate surface area is 343 Å². The van der Waals surface area contributed by atoms with Crippen LogP contribution in [0.4, 0.5) is 11.4 Å². The lowest BCUT2D eigenvalue weighted by Crippen LogP contribution is -2.37. The molecule has 0 unspecified atom stereocenters. The second-order valence-corrected chi connectivity index (χ2v) is 19.0. The van der Waals surface area contributed by atoms with E-state index in [2.05, 4.69) is 184 Å². The molecule has 1 radical (unpaired) electrons. The van der Waals surface area contributed by atoms with Crippen molar-refractivity contribution in [2.75, 3.05) is 5.32 Å². The first-order valence-electron chi connectivity index (χ1n) is 19.9. The van der Waals surface area contributed by atoms with Crippen molar-refractivity contribution in [2.24, 2.45) is 0 Å². The number of benzene rings is 8. The molecule has 6 heteroatoms. The molecule has 4 aromatic heterocycles. The van der Waals surface area contributed by atoms with Gasteiger partial charge in [-0.15, -0.1) is 22.7 Å². The average Bonchev–Trinajstić information content (AvgIpc) is 3.98. The number of hydrogen-bond donors (Lipinski definition) is 1. The van der Waals surface area contributed by atoms with Crippen molar-refractivity contribution in [3.05, 3.63) is 151 Å². The van der Waals surface area contributed by atoms with Crippen molar-refractivity contribution in [1.29, 1.82) is 0 Å². The number of anilines is 2. The van der Waals surface area contributed by atoms with Crippen molar-refractivity contribution >= 4 is 136 Å². The lowest BCUT2D eigenvalue weighted by Gasteiger charge is -2.24. The number of hydrogen-bond acceptors (Lipinski definition) is 4. The number of nitrogens with zero attached hydrogens (tertiary/aromatic N) is 1. The molecular formula is C52H34BN2OS2. The minimum absolute atomic E-state index is 0.0813. The van der Waals surface area contributed by atoms with Gasteiger partial charge in [0.05, 0.1) is 5.52 Å². The van der Waals surface area contributed by atoms with Crippen molar-refractivity contribution in [2.45, 2.75) is 26.2 Å². The van der Waals surface area contributed by atoms with Crippen LogP contribution in [-0.2, 0) is 5.41 Å². The minimum Gasteiger partial charge on any atom is -0.456 e. The zero-order valence-corrected chi connectivity index (χ0v) is 33.7. The Kier molecular flexibility index (Phi) is 6.56. The highest BCUT2D eigenvalue weighted by Gasteiger charge is 2.29. The number of nitrogens with one attached hydrogen (secondary N) is 1. The predicted molar refractivity (Wildman–Crippen MR) is 253 cm³/mol. The highest BCUT2D eigenvalue weighted by atomic mass is 32.1. The monoisotopic (exact) mass is 777 g/mol. The van der Waals surface area contributed by atoms with Gasteiger partial charge in [0.2, 0.25) is 0 Å². The van der Waals surface area contributed by atoms with E-state index in [1.165, 1.54) is 89.9 Å². The highest BCUT2D eigenvalue weighted by Crippen LogP contribution is 2.45. The summed E-state index contributed by atoms with van der Waals surface area (Å²) in [5, 5.41) is 13.9. The molecule has 0 spiro atoms. The minimum atomic E-state index is 0.0813. The Morgan fingerprint density at radius 2 is 1.22 bits per heavy atom. The van der Waals surface area contributed by atoms with Crippen LogP contribution < -0.4 is 16.2 Å². The van der Waals surface area contributed by atoms with Crippen LogP contribution in [0.25, 0.3) is 101 Å². The van der Waals surface area contributed by atoms with Gasteiger partial charge < -0.3 is 14.3 Å². The van der Waals surface area contributed by atoms with Gasteiger partial charge in [0.15, 0.2) is 7.28 Å². The van der Waals surface area contributed by atoms with Crippen LogP contribution >= 0.6 is 22.7 Å².